The minimum absolute atomic E-state index is 0.745. The van der Waals surface area contributed by atoms with Crippen LogP contribution in [-0.4, -0.2) is 18.9 Å². The fourth-order valence-corrected chi connectivity index (χ4v) is 2.63. The van der Waals surface area contributed by atoms with E-state index in [4.69, 9.17) is 0 Å². The van der Waals surface area contributed by atoms with Gasteiger partial charge in [0, 0.05) is 24.6 Å². The van der Waals surface area contributed by atoms with Crippen LogP contribution in [0.4, 0.5) is 5.69 Å². The van der Waals surface area contributed by atoms with E-state index >= 15 is 0 Å². The molecule has 2 heteroatoms. The van der Waals surface area contributed by atoms with Crippen molar-refractivity contribution in [2.75, 3.05) is 23.8 Å². The van der Waals surface area contributed by atoms with Crippen molar-refractivity contribution in [2.24, 2.45) is 5.92 Å². The molecule has 1 unspecified atom stereocenters. The first kappa shape index (κ1) is 13.6. The van der Waals surface area contributed by atoms with Gasteiger partial charge in [-0.15, -0.1) is 0 Å². The van der Waals surface area contributed by atoms with Crippen LogP contribution < -0.4 is 4.90 Å². The Balaban J connectivity index is 2.64. The summed E-state index contributed by atoms with van der Waals surface area (Å²) in [5.41, 5.74) is 2.71. The second kappa shape index (κ2) is 6.95. The number of halogens is 1. The van der Waals surface area contributed by atoms with Gasteiger partial charge in [-0.05, 0) is 30.9 Å². The zero-order valence-corrected chi connectivity index (χ0v) is 12.1. The van der Waals surface area contributed by atoms with Crippen LogP contribution in [0.2, 0.25) is 0 Å². The molecule has 0 aliphatic carbocycles. The fraction of sp³-hybridized carbons (Fsp3) is 0.571. The molecule has 16 heavy (non-hydrogen) atoms. The smallest absolute Gasteiger partial charge is 0.0393 e. The SMILES string of the molecule is CCCC(CBr)CN(C)c1ccccc1C. The van der Waals surface area contributed by atoms with Crippen LogP contribution in [-0.2, 0) is 0 Å². The quantitative estimate of drug-likeness (QED) is 0.706. The van der Waals surface area contributed by atoms with E-state index < -0.39 is 0 Å². The molecule has 1 nitrogen and oxygen atoms in total. The van der Waals surface area contributed by atoms with Gasteiger partial charge in [0.25, 0.3) is 0 Å². The Hall–Kier alpha value is -0.500. The highest BCUT2D eigenvalue weighted by molar-refractivity contribution is 9.09. The van der Waals surface area contributed by atoms with E-state index in [-0.39, 0.29) is 0 Å². The topological polar surface area (TPSA) is 3.24 Å². The van der Waals surface area contributed by atoms with Crippen LogP contribution in [0, 0.1) is 12.8 Å². The van der Waals surface area contributed by atoms with Gasteiger partial charge >= 0.3 is 0 Å². The molecule has 0 aliphatic rings. The predicted molar refractivity (Wildman–Crippen MR) is 76.6 cm³/mol. The molecule has 1 aromatic rings. The molecule has 90 valence electrons. The second-order valence-corrected chi connectivity index (χ2v) is 5.12. The average Bonchev–Trinajstić information content (AvgIpc) is 2.28. The molecule has 0 fully saturated rings. The van der Waals surface area contributed by atoms with Gasteiger partial charge in [0.2, 0.25) is 0 Å². The van der Waals surface area contributed by atoms with Crippen molar-refractivity contribution in [1.29, 1.82) is 0 Å². The Morgan fingerprint density at radius 3 is 2.56 bits per heavy atom. The van der Waals surface area contributed by atoms with Crippen molar-refractivity contribution in [3.8, 4) is 0 Å². The standard InChI is InChI=1S/C14H22BrN/c1-4-7-13(10-15)11-16(3)14-9-6-5-8-12(14)2/h5-6,8-9,13H,4,7,10-11H2,1-3H3. The normalized spacial score (nSPS) is 12.5. The minimum atomic E-state index is 0.745. The van der Waals surface area contributed by atoms with Gasteiger partial charge in [-0.1, -0.05) is 47.5 Å². The number of alkyl halides is 1. The monoisotopic (exact) mass is 283 g/mol. The summed E-state index contributed by atoms with van der Waals surface area (Å²) in [4.78, 5) is 2.37. The fourth-order valence-electron chi connectivity index (χ4n) is 2.10. The lowest BCUT2D eigenvalue weighted by Crippen LogP contribution is -2.26. The summed E-state index contributed by atoms with van der Waals surface area (Å²) in [6.45, 7) is 5.56. The van der Waals surface area contributed by atoms with Gasteiger partial charge in [-0.25, -0.2) is 0 Å². The van der Waals surface area contributed by atoms with Crippen molar-refractivity contribution in [1.82, 2.24) is 0 Å². The number of para-hydroxylation sites is 1. The maximum atomic E-state index is 3.61. The summed E-state index contributed by atoms with van der Waals surface area (Å²) in [7, 11) is 2.19. The third-order valence-electron chi connectivity index (χ3n) is 2.97. The molecule has 0 bridgehead atoms. The van der Waals surface area contributed by atoms with Crippen LogP contribution in [0.1, 0.15) is 25.3 Å². The summed E-state index contributed by atoms with van der Waals surface area (Å²) in [6, 6.07) is 8.59. The highest BCUT2D eigenvalue weighted by Crippen LogP contribution is 2.20. The lowest BCUT2D eigenvalue weighted by molar-refractivity contribution is 0.535. The number of nitrogens with zero attached hydrogens (tertiary/aromatic N) is 1. The number of benzene rings is 1. The first-order valence-corrected chi connectivity index (χ1v) is 7.13. The first-order chi connectivity index (χ1) is 7.69. The van der Waals surface area contributed by atoms with Crippen molar-refractivity contribution < 1.29 is 0 Å². The summed E-state index contributed by atoms with van der Waals surface area (Å²) in [6.07, 6.45) is 2.55. The number of hydrogen-bond donors (Lipinski definition) is 0. The van der Waals surface area contributed by atoms with Gasteiger partial charge in [0.15, 0.2) is 0 Å². The zero-order valence-electron chi connectivity index (χ0n) is 10.5. The molecule has 0 aliphatic heterocycles. The van der Waals surface area contributed by atoms with E-state index in [2.05, 4.69) is 66.0 Å². The second-order valence-electron chi connectivity index (χ2n) is 4.48. The van der Waals surface area contributed by atoms with E-state index in [0.29, 0.717) is 0 Å². The third-order valence-corrected chi connectivity index (χ3v) is 3.89. The lowest BCUT2D eigenvalue weighted by Gasteiger charge is -2.25. The van der Waals surface area contributed by atoms with Gasteiger partial charge in [0.05, 0.1) is 0 Å². The Bertz CT molecular complexity index is 311. The summed E-state index contributed by atoms with van der Waals surface area (Å²) in [5, 5.41) is 1.09. The maximum absolute atomic E-state index is 3.61. The van der Waals surface area contributed by atoms with Crippen LogP contribution in [0.25, 0.3) is 0 Å². The Kier molecular flexibility index (Phi) is 5.89. The van der Waals surface area contributed by atoms with Crippen LogP contribution in [0.15, 0.2) is 24.3 Å². The van der Waals surface area contributed by atoms with Gasteiger partial charge in [-0.3, -0.25) is 0 Å². The largest absolute Gasteiger partial charge is 0.374 e. The molecular weight excluding hydrogens is 262 g/mol. The molecule has 1 atom stereocenters. The maximum Gasteiger partial charge on any atom is 0.0393 e. The highest BCUT2D eigenvalue weighted by atomic mass is 79.9. The predicted octanol–water partition coefficient (Wildman–Crippen LogP) is 4.24. The average molecular weight is 284 g/mol. The van der Waals surface area contributed by atoms with Gasteiger partial charge in [0.1, 0.15) is 0 Å². The molecule has 1 rings (SSSR count). The highest BCUT2D eigenvalue weighted by Gasteiger charge is 2.11. The molecule has 0 saturated carbocycles. The molecular formula is C14H22BrN. The summed E-state index contributed by atoms with van der Waals surface area (Å²) < 4.78 is 0. The third kappa shape index (κ3) is 3.82. The van der Waals surface area contributed by atoms with Crippen molar-refractivity contribution >= 4 is 21.6 Å². The van der Waals surface area contributed by atoms with Crippen LogP contribution >= 0.6 is 15.9 Å². The summed E-state index contributed by atoms with van der Waals surface area (Å²) in [5.74, 6) is 0.745. The van der Waals surface area contributed by atoms with E-state index in [1.54, 1.807) is 0 Å². The van der Waals surface area contributed by atoms with E-state index in [1.807, 2.05) is 0 Å². The van der Waals surface area contributed by atoms with Crippen molar-refractivity contribution in [3.05, 3.63) is 29.8 Å². The van der Waals surface area contributed by atoms with Gasteiger partial charge in [-0.2, -0.15) is 0 Å². The molecule has 1 aromatic carbocycles. The number of aryl methyl sites for hydroxylation is 1. The molecule has 0 heterocycles. The Labute approximate surface area is 108 Å². The van der Waals surface area contributed by atoms with Crippen molar-refractivity contribution in [2.45, 2.75) is 26.7 Å². The molecule has 0 radical (unpaired) electrons. The number of hydrogen-bond acceptors (Lipinski definition) is 1. The first-order valence-electron chi connectivity index (χ1n) is 6.01. The Morgan fingerprint density at radius 2 is 2.00 bits per heavy atom. The summed E-state index contributed by atoms with van der Waals surface area (Å²) >= 11 is 3.61. The zero-order chi connectivity index (χ0) is 12.0. The molecule has 0 spiro atoms. The van der Waals surface area contributed by atoms with Crippen molar-refractivity contribution in [3.63, 3.8) is 0 Å². The Morgan fingerprint density at radius 1 is 1.31 bits per heavy atom. The van der Waals surface area contributed by atoms with Gasteiger partial charge < -0.3 is 4.90 Å². The minimum Gasteiger partial charge on any atom is -0.374 e. The number of rotatable bonds is 6. The van der Waals surface area contributed by atoms with E-state index in [9.17, 15) is 0 Å². The molecule has 0 N–H and O–H groups in total. The van der Waals surface area contributed by atoms with E-state index in [1.165, 1.54) is 24.1 Å². The molecule has 0 aromatic heterocycles. The number of anilines is 1. The molecule has 0 amide bonds. The molecule has 0 saturated heterocycles. The van der Waals surface area contributed by atoms with Crippen LogP contribution in [0.5, 0.6) is 0 Å². The van der Waals surface area contributed by atoms with Crippen LogP contribution in [0.3, 0.4) is 0 Å². The lowest BCUT2D eigenvalue weighted by atomic mass is 10.0. The van der Waals surface area contributed by atoms with E-state index in [0.717, 1.165) is 17.8 Å².